The van der Waals surface area contributed by atoms with Crippen molar-refractivity contribution in [2.24, 2.45) is 0 Å². The topological polar surface area (TPSA) is 73.1 Å². The van der Waals surface area contributed by atoms with E-state index in [-0.39, 0.29) is 19.0 Å². The van der Waals surface area contributed by atoms with Gasteiger partial charge in [0.1, 0.15) is 12.4 Å². The van der Waals surface area contributed by atoms with Gasteiger partial charge in [-0.05, 0) is 54.3 Å². The molecule has 6 nitrogen and oxygen atoms in total. The number of hydrogen-bond acceptors (Lipinski definition) is 3. The van der Waals surface area contributed by atoms with Crippen molar-refractivity contribution < 1.29 is 9.18 Å². The first-order valence-corrected chi connectivity index (χ1v) is 10.7. The fraction of sp³-hybridized carbons (Fsp3) is 0.192. The molecule has 0 aliphatic carbocycles. The van der Waals surface area contributed by atoms with Crippen LogP contribution in [-0.2, 0) is 24.3 Å². The molecule has 33 heavy (non-hydrogen) atoms. The lowest BCUT2D eigenvalue weighted by molar-refractivity contribution is -0.116. The highest BCUT2D eigenvalue weighted by Crippen LogP contribution is 2.21. The maximum Gasteiger partial charge on any atom is 0.332 e. The Morgan fingerprint density at radius 1 is 0.939 bits per heavy atom. The number of nitrogens with zero attached hydrogens (tertiary/aromatic N) is 2. The van der Waals surface area contributed by atoms with E-state index in [1.165, 1.54) is 28.8 Å². The van der Waals surface area contributed by atoms with Crippen molar-refractivity contribution >= 4 is 22.5 Å². The van der Waals surface area contributed by atoms with Crippen molar-refractivity contribution in [2.45, 2.75) is 33.4 Å². The Kier molecular flexibility index (Phi) is 6.22. The van der Waals surface area contributed by atoms with Crippen LogP contribution in [0, 0.1) is 12.7 Å². The predicted octanol–water partition coefficient (Wildman–Crippen LogP) is 3.86. The molecule has 1 aromatic heterocycles. The van der Waals surface area contributed by atoms with Gasteiger partial charge in [0.2, 0.25) is 5.91 Å². The first kappa shape index (κ1) is 22.2. The lowest BCUT2D eigenvalue weighted by Gasteiger charge is -2.16. The number of amides is 1. The van der Waals surface area contributed by atoms with Gasteiger partial charge in [-0.2, -0.15) is 0 Å². The smallest absolute Gasteiger partial charge is 0.324 e. The Bertz CT molecular complexity index is 1450. The Balaban J connectivity index is 1.76. The second-order valence-corrected chi connectivity index (χ2v) is 7.91. The van der Waals surface area contributed by atoms with Crippen LogP contribution in [0.2, 0.25) is 0 Å². The van der Waals surface area contributed by atoms with Crippen molar-refractivity contribution in [1.29, 1.82) is 0 Å². The average molecular weight is 445 g/mol. The first-order chi connectivity index (χ1) is 15.9. The molecule has 0 fully saturated rings. The summed E-state index contributed by atoms with van der Waals surface area (Å²) in [5.41, 5.74) is 2.61. The van der Waals surface area contributed by atoms with Gasteiger partial charge in [-0.3, -0.25) is 18.7 Å². The molecule has 0 saturated carbocycles. The van der Waals surface area contributed by atoms with Gasteiger partial charge < -0.3 is 5.32 Å². The molecule has 0 radical (unpaired) electrons. The third-order valence-corrected chi connectivity index (χ3v) is 5.69. The van der Waals surface area contributed by atoms with Crippen LogP contribution in [-0.4, -0.2) is 15.0 Å². The summed E-state index contributed by atoms with van der Waals surface area (Å²) < 4.78 is 15.7. The molecule has 1 N–H and O–H groups in total. The van der Waals surface area contributed by atoms with E-state index >= 15 is 0 Å². The highest BCUT2D eigenvalue weighted by atomic mass is 19.1. The van der Waals surface area contributed by atoms with E-state index in [1.54, 1.807) is 24.3 Å². The lowest BCUT2D eigenvalue weighted by atomic mass is 10.1. The number of carbonyl (C=O) groups is 1. The van der Waals surface area contributed by atoms with Crippen LogP contribution >= 0.6 is 0 Å². The normalized spacial score (nSPS) is 11.0. The van der Waals surface area contributed by atoms with E-state index in [2.05, 4.69) is 5.32 Å². The van der Waals surface area contributed by atoms with Gasteiger partial charge in [0, 0.05) is 5.69 Å². The van der Waals surface area contributed by atoms with E-state index in [0.717, 1.165) is 27.8 Å². The minimum Gasteiger partial charge on any atom is -0.324 e. The van der Waals surface area contributed by atoms with Crippen molar-refractivity contribution in [2.75, 3.05) is 5.32 Å². The molecule has 3 aromatic carbocycles. The third-order valence-electron chi connectivity index (χ3n) is 5.69. The van der Waals surface area contributed by atoms with Gasteiger partial charge in [-0.15, -0.1) is 0 Å². The van der Waals surface area contributed by atoms with Gasteiger partial charge in [-0.1, -0.05) is 49.4 Å². The maximum atomic E-state index is 13.3. The third kappa shape index (κ3) is 4.48. The monoisotopic (exact) mass is 445 g/mol. The molecule has 0 spiro atoms. The molecule has 0 bridgehead atoms. The lowest BCUT2D eigenvalue weighted by Crippen LogP contribution is -2.42. The molecule has 4 rings (SSSR count). The summed E-state index contributed by atoms with van der Waals surface area (Å²) in [7, 11) is 0. The number of aromatic nitrogens is 2. The number of anilines is 1. The van der Waals surface area contributed by atoms with Gasteiger partial charge in [0.15, 0.2) is 0 Å². The van der Waals surface area contributed by atoms with Crippen LogP contribution < -0.4 is 16.6 Å². The number of para-hydroxylation sites is 2. The molecule has 4 aromatic rings. The summed E-state index contributed by atoms with van der Waals surface area (Å²) in [4.78, 5) is 39.4. The van der Waals surface area contributed by atoms with Gasteiger partial charge in [0.05, 0.1) is 17.4 Å². The number of fused-ring (bicyclic) bond motifs is 1. The molecule has 0 unspecified atom stereocenters. The Labute approximate surface area is 189 Å². The highest BCUT2D eigenvalue weighted by molar-refractivity contribution is 5.93. The average Bonchev–Trinajstić information content (AvgIpc) is 2.82. The number of aryl methyl sites for hydroxylation is 2. The zero-order valence-corrected chi connectivity index (χ0v) is 18.5. The molecule has 0 atom stereocenters. The SMILES string of the molecule is CCc1cccc(C)c1NC(=O)Cn1c(=O)n(Cc2ccc(F)cc2)c(=O)c2ccccc21. The number of nitrogens with one attached hydrogen (secondary N) is 1. The summed E-state index contributed by atoms with van der Waals surface area (Å²) in [6, 6.07) is 18.1. The molecule has 168 valence electrons. The number of benzene rings is 3. The van der Waals surface area contributed by atoms with E-state index in [4.69, 9.17) is 0 Å². The van der Waals surface area contributed by atoms with E-state index in [0.29, 0.717) is 16.5 Å². The highest BCUT2D eigenvalue weighted by Gasteiger charge is 2.17. The van der Waals surface area contributed by atoms with Crippen molar-refractivity contribution in [3.8, 4) is 0 Å². The van der Waals surface area contributed by atoms with E-state index in [1.807, 2.05) is 32.0 Å². The summed E-state index contributed by atoms with van der Waals surface area (Å²) in [6.07, 6.45) is 0.753. The van der Waals surface area contributed by atoms with Crippen LogP contribution in [0.4, 0.5) is 10.1 Å². The van der Waals surface area contributed by atoms with Gasteiger partial charge in [-0.25, -0.2) is 9.18 Å². The number of hydrogen-bond donors (Lipinski definition) is 1. The van der Waals surface area contributed by atoms with Gasteiger partial charge in [0.25, 0.3) is 5.56 Å². The summed E-state index contributed by atoms with van der Waals surface area (Å²) >= 11 is 0. The predicted molar refractivity (Wildman–Crippen MR) is 127 cm³/mol. The largest absolute Gasteiger partial charge is 0.332 e. The standard InChI is InChI=1S/C26H24FN3O3/c1-3-19-8-6-7-17(2)24(19)28-23(31)16-29-22-10-5-4-9-21(22)25(32)30(26(29)33)15-18-11-13-20(27)14-12-18/h4-14H,3,15-16H2,1-2H3,(H,28,31). The van der Waals surface area contributed by atoms with Crippen LogP contribution in [0.3, 0.4) is 0 Å². The Hall–Kier alpha value is -4.00. The van der Waals surface area contributed by atoms with Crippen molar-refractivity contribution in [3.63, 3.8) is 0 Å². The van der Waals surface area contributed by atoms with Crippen LogP contribution in [0.1, 0.15) is 23.6 Å². The Morgan fingerprint density at radius 2 is 1.67 bits per heavy atom. The molecule has 1 amide bonds. The molecular weight excluding hydrogens is 421 g/mol. The summed E-state index contributed by atoms with van der Waals surface area (Å²) in [5, 5.41) is 3.26. The minimum absolute atomic E-state index is 0.0256. The summed E-state index contributed by atoms with van der Waals surface area (Å²) in [6.45, 7) is 3.65. The number of rotatable bonds is 6. The number of carbonyl (C=O) groups excluding carboxylic acids is 1. The zero-order valence-electron chi connectivity index (χ0n) is 18.5. The van der Waals surface area contributed by atoms with Crippen LogP contribution in [0.5, 0.6) is 0 Å². The number of halogens is 1. The molecule has 7 heteroatoms. The molecular formula is C26H24FN3O3. The minimum atomic E-state index is -0.598. The molecule has 0 aliphatic rings. The fourth-order valence-corrected chi connectivity index (χ4v) is 3.96. The Morgan fingerprint density at radius 3 is 2.39 bits per heavy atom. The second kappa shape index (κ2) is 9.24. The molecule has 0 aliphatic heterocycles. The fourth-order valence-electron chi connectivity index (χ4n) is 3.96. The van der Waals surface area contributed by atoms with E-state index in [9.17, 15) is 18.8 Å². The molecule has 0 saturated heterocycles. The van der Waals surface area contributed by atoms with Crippen molar-refractivity contribution in [1.82, 2.24) is 9.13 Å². The van der Waals surface area contributed by atoms with Crippen LogP contribution in [0.15, 0.2) is 76.3 Å². The van der Waals surface area contributed by atoms with E-state index < -0.39 is 17.1 Å². The maximum absolute atomic E-state index is 13.3. The molecule has 1 heterocycles. The van der Waals surface area contributed by atoms with Gasteiger partial charge >= 0.3 is 5.69 Å². The zero-order chi connectivity index (χ0) is 23.5. The van der Waals surface area contributed by atoms with Crippen molar-refractivity contribution in [3.05, 3.63) is 110 Å². The summed E-state index contributed by atoms with van der Waals surface area (Å²) in [5.74, 6) is -0.764. The second-order valence-electron chi connectivity index (χ2n) is 7.91. The quantitative estimate of drug-likeness (QED) is 0.490. The van der Waals surface area contributed by atoms with Crippen LogP contribution in [0.25, 0.3) is 10.9 Å². The first-order valence-electron chi connectivity index (χ1n) is 10.7.